The van der Waals surface area contributed by atoms with Crippen LogP contribution in [0.1, 0.15) is 22.8 Å². The van der Waals surface area contributed by atoms with Gasteiger partial charge in [-0.1, -0.05) is 50.4 Å². The van der Waals surface area contributed by atoms with E-state index >= 15 is 0 Å². The van der Waals surface area contributed by atoms with Gasteiger partial charge in [-0.15, -0.1) is 0 Å². The smallest absolute Gasteiger partial charge is 0.255 e. The van der Waals surface area contributed by atoms with Gasteiger partial charge in [-0.2, -0.15) is 0 Å². The fourth-order valence-corrected chi connectivity index (χ4v) is 3.12. The first kappa shape index (κ1) is 15.5. The molecule has 0 heterocycles. The van der Waals surface area contributed by atoms with E-state index in [9.17, 15) is 4.79 Å². The summed E-state index contributed by atoms with van der Waals surface area (Å²) in [4.78, 5) is 12.3. The van der Waals surface area contributed by atoms with Gasteiger partial charge in [-0.25, -0.2) is 0 Å². The Labute approximate surface area is 139 Å². The first-order valence-electron chi connectivity index (χ1n) is 6.05. The van der Waals surface area contributed by atoms with Crippen molar-refractivity contribution >= 4 is 55.1 Å². The molecule has 20 heavy (non-hydrogen) atoms. The topological polar surface area (TPSA) is 29.1 Å². The Balaban J connectivity index is 2.27. The molecular formula is C15H12Br2ClNO. The second-order valence-electron chi connectivity index (χ2n) is 4.27. The van der Waals surface area contributed by atoms with Crippen molar-refractivity contribution < 1.29 is 4.79 Å². The highest BCUT2D eigenvalue weighted by Gasteiger charge is 2.10. The maximum atomic E-state index is 12.3. The summed E-state index contributed by atoms with van der Waals surface area (Å²) in [7, 11) is 0. The zero-order valence-corrected chi connectivity index (χ0v) is 14.6. The number of amides is 1. The van der Waals surface area contributed by atoms with Crippen LogP contribution in [0.5, 0.6) is 0 Å². The van der Waals surface area contributed by atoms with Crippen LogP contribution < -0.4 is 5.32 Å². The minimum atomic E-state index is -0.176. The molecule has 2 rings (SSSR count). The van der Waals surface area contributed by atoms with Crippen LogP contribution in [0.15, 0.2) is 45.3 Å². The van der Waals surface area contributed by atoms with Crippen LogP contribution in [0, 0.1) is 0 Å². The van der Waals surface area contributed by atoms with Crippen molar-refractivity contribution in [3.8, 4) is 0 Å². The molecule has 0 radical (unpaired) electrons. The predicted molar refractivity (Wildman–Crippen MR) is 90.6 cm³/mol. The van der Waals surface area contributed by atoms with E-state index in [0.717, 1.165) is 26.6 Å². The van der Waals surface area contributed by atoms with Gasteiger partial charge < -0.3 is 5.32 Å². The molecule has 0 bridgehead atoms. The minimum Gasteiger partial charge on any atom is -0.322 e. The second-order valence-corrected chi connectivity index (χ2v) is 6.54. The number of nitrogens with one attached hydrogen (secondary N) is 1. The average molecular weight is 418 g/mol. The van der Waals surface area contributed by atoms with Gasteiger partial charge in [0.15, 0.2) is 0 Å². The van der Waals surface area contributed by atoms with Crippen molar-refractivity contribution in [2.24, 2.45) is 0 Å². The average Bonchev–Trinajstić information content (AvgIpc) is 2.39. The Morgan fingerprint density at radius 1 is 1.15 bits per heavy atom. The van der Waals surface area contributed by atoms with E-state index in [0.29, 0.717) is 10.6 Å². The summed E-state index contributed by atoms with van der Waals surface area (Å²) in [5, 5.41) is 3.44. The molecule has 0 saturated heterocycles. The van der Waals surface area contributed by atoms with Crippen LogP contribution in [0.2, 0.25) is 5.02 Å². The molecule has 1 amide bonds. The zero-order chi connectivity index (χ0) is 14.7. The van der Waals surface area contributed by atoms with Crippen molar-refractivity contribution in [1.82, 2.24) is 0 Å². The van der Waals surface area contributed by atoms with Crippen molar-refractivity contribution in [2.75, 3.05) is 5.32 Å². The zero-order valence-electron chi connectivity index (χ0n) is 10.7. The molecule has 0 unspecified atom stereocenters. The van der Waals surface area contributed by atoms with Gasteiger partial charge in [0.1, 0.15) is 0 Å². The van der Waals surface area contributed by atoms with E-state index < -0.39 is 0 Å². The summed E-state index contributed by atoms with van der Waals surface area (Å²) in [6.45, 7) is 2.05. The van der Waals surface area contributed by atoms with Gasteiger partial charge in [-0.3, -0.25) is 4.79 Å². The van der Waals surface area contributed by atoms with Crippen LogP contribution in [0.3, 0.4) is 0 Å². The highest BCUT2D eigenvalue weighted by Crippen LogP contribution is 2.24. The van der Waals surface area contributed by atoms with E-state index in [-0.39, 0.29) is 5.91 Å². The molecule has 2 aromatic carbocycles. The van der Waals surface area contributed by atoms with E-state index in [4.69, 9.17) is 11.6 Å². The molecule has 0 aromatic heterocycles. The monoisotopic (exact) mass is 415 g/mol. The molecule has 0 fully saturated rings. The third-order valence-electron chi connectivity index (χ3n) is 2.82. The van der Waals surface area contributed by atoms with Crippen molar-refractivity contribution in [1.29, 1.82) is 0 Å². The lowest BCUT2D eigenvalue weighted by Crippen LogP contribution is -2.13. The second kappa shape index (κ2) is 6.74. The van der Waals surface area contributed by atoms with Crippen LogP contribution in [0.4, 0.5) is 5.69 Å². The van der Waals surface area contributed by atoms with Crippen molar-refractivity contribution in [2.45, 2.75) is 13.3 Å². The lowest BCUT2D eigenvalue weighted by molar-refractivity contribution is 0.102. The fraction of sp³-hybridized carbons (Fsp3) is 0.133. The van der Waals surface area contributed by atoms with Crippen LogP contribution >= 0.6 is 43.5 Å². The summed E-state index contributed by atoms with van der Waals surface area (Å²) >= 11 is 12.7. The fourth-order valence-electron chi connectivity index (χ4n) is 1.86. The minimum absolute atomic E-state index is 0.176. The Morgan fingerprint density at radius 2 is 1.90 bits per heavy atom. The van der Waals surface area contributed by atoms with Crippen LogP contribution in [-0.4, -0.2) is 5.91 Å². The Kier molecular flexibility index (Phi) is 5.24. The van der Waals surface area contributed by atoms with Gasteiger partial charge in [-0.05, 0) is 48.4 Å². The molecule has 0 aliphatic rings. The highest BCUT2D eigenvalue weighted by atomic mass is 79.9. The third-order valence-corrected chi connectivity index (χ3v) is 3.99. The lowest BCUT2D eigenvalue weighted by Gasteiger charge is -2.11. The van der Waals surface area contributed by atoms with Gasteiger partial charge in [0.25, 0.3) is 5.91 Å². The first-order chi connectivity index (χ1) is 9.49. The van der Waals surface area contributed by atoms with Gasteiger partial charge >= 0.3 is 0 Å². The summed E-state index contributed by atoms with van der Waals surface area (Å²) in [5.74, 6) is -0.176. The SMILES string of the molecule is CCc1cc(Br)ccc1NC(=O)c1cc(Cl)cc(Br)c1. The molecule has 0 aliphatic heterocycles. The molecule has 2 aromatic rings. The van der Waals surface area contributed by atoms with Gasteiger partial charge in [0.05, 0.1) is 0 Å². The molecule has 104 valence electrons. The number of benzene rings is 2. The lowest BCUT2D eigenvalue weighted by atomic mass is 10.1. The molecule has 0 saturated carbocycles. The molecule has 0 atom stereocenters. The summed E-state index contributed by atoms with van der Waals surface area (Å²) in [6, 6.07) is 10.9. The maximum Gasteiger partial charge on any atom is 0.255 e. The number of carbonyl (C=O) groups is 1. The molecule has 1 N–H and O–H groups in total. The molecule has 0 spiro atoms. The number of anilines is 1. The van der Waals surface area contributed by atoms with Gasteiger partial charge in [0.2, 0.25) is 0 Å². The number of hydrogen-bond donors (Lipinski definition) is 1. The standard InChI is InChI=1S/C15H12Br2ClNO/c1-2-9-5-11(16)3-4-14(9)19-15(20)10-6-12(17)8-13(18)7-10/h3-8H,2H2,1H3,(H,19,20). The summed E-state index contributed by atoms with van der Waals surface area (Å²) in [6.07, 6.45) is 0.842. The summed E-state index contributed by atoms with van der Waals surface area (Å²) < 4.78 is 1.78. The Bertz CT molecular complexity index is 638. The van der Waals surface area contributed by atoms with Crippen LogP contribution in [0.25, 0.3) is 0 Å². The number of aryl methyl sites for hydroxylation is 1. The number of carbonyl (C=O) groups excluding carboxylic acids is 1. The number of halogens is 3. The van der Waals surface area contributed by atoms with Crippen LogP contribution in [-0.2, 0) is 6.42 Å². The normalized spacial score (nSPS) is 10.4. The molecule has 0 aliphatic carbocycles. The van der Waals surface area contributed by atoms with E-state index in [1.807, 2.05) is 25.1 Å². The molecule has 5 heteroatoms. The number of rotatable bonds is 3. The van der Waals surface area contributed by atoms with E-state index in [1.54, 1.807) is 18.2 Å². The first-order valence-corrected chi connectivity index (χ1v) is 8.02. The van der Waals surface area contributed by atoms with Gasteiger partial charge in [0, 0.05) is 25.2 Å². The maximum absolute atomic E-state index is 12.3. The third kappa shape index (κ3) is 3.84. The molecule has 2 nitrogen and oxygen atoms in total. The molecular weight excluding hydrogens is 405 g/mol. The number of hydrogen-bond acceptors (Lipinski definition) is 1. The van der Waals surface area contributed by atoms with E-state index in [1.165, 1.54) is 0 Å². The summed E-state index contributed by atoms with van der Waals surface area (Å²) in [5.41, 5.74) is 2.42. The Hall–Kier alpha value is -0.840. The quantitative estimate of drug-likeness (QED) is 0.684. The van der Waals surface area contributed by atoms with Crippen molar-refractivity contribution in [3.63, 3.8) is 0 Å². The predicted octanol–water partition coefficient (Wildman–Crippen LogP) is 5.68. The highest BCUT2D eigenvalue weighted by molar-refractivity contribution is 9.10. The van der Waals surface area contributed by atoms with Crippen molar-refractivity contribution in [3.05, 3.63) is 61.5 Å². The Morgan fingerprint density at radius 3 is 2.55 bits per heavy atom. The largest absolute Gasteiger partial charge is 0.322 e. The van der Waals surface area contributed by atoms with E-state index in [2.05, 4.69) is 37.2 Å².